The lowest BCUT2D eigenvalue weighted by atomic mass is 10.2. The number of pyridine rings is 1. The highest BCUT2D eigenvalue weighted by molar-refractivity contribution is 14.1. The van der Waals surface area contributed by atoms with Gasteiger partial charge in [0, 0.05) is 27.5 Å². The van der Waals surface area contributed by atoms with Crippen LogP contribution in [0.3, 0.4) is 0 Å². The Labute approximate surface area is 99.3 Å². The smallest absolute Gasteiger partial charge is 0.0901 e. The summed E-state index contributed by atoms with van der Waals surface area (Å²) in [6.07, 6.45) is 5.58. The molecule has 0 unspecified atom stereocenters. The zero-order chi connectivity index (χ0) is 10.3. The molecule has 3 heterocycles. The van der Waals surface area contributed by atoms with Crippen LogP contribution in [0, 0.1) is 3.57 Å². The first-order valence-corrected chi connectivity index (χ1v) is 5.55. The van der Waals surface area contributed by atoms with Crippen molar-refractivity contribution in [3.8, 4) is 11.4 Å². The van der Waals surface area contributed by atoms with E-state index in [4.69, 9.17) is 0 Å². The van der Waals surface area contributed by atoms with Crippen molar-refractivity contribution in [1.82, 2.24) is 20.2 Å². The maximum atomic E-state index is 4.39. The molecule has 0 radical (unpaired) electrons. The van der Waals surface area contributed by atoms with Crippen molar-refractivity contribution >= 4 is 33.5 Å². The molecule has 3 rings (SSSR count). The molecule has 0 amide bonds. The molecule has 0 spiro atoms. The van der Waals surface area contributed by atoms with E-state index in [1.54, 1.807) is 6.20 Å². The van der Waals surface area contributed by atoms with Crippen LogP contribution in [-0.2, 0) is 0 Å². The number of hydrogen-bond acceptors (Lipinski definition) is 2. The van der Waals surface area contributed by atoms with Crippen LogP contribution in [0.1, 0.15) is 0 Å². The van der Waals surface area contributed by atoms with E-state index in [9.17, 15) is 0 Å². The Balaban J connectivity index is 2.23. The van der Waals surface area contributed by atoms with Crippen molar-refractivity contribution in [2.45, 2.75) is 0 Å². The minimum absolute atomic E-state index is 0.901. The Morgan fingerprint density at radius 1 is 1.33 bits per heavy atom. The van der Waals surface area contributed by atoms with Crippen molar-refractivity contribution in [2.24, 2.45) is 0 Å². The Hall–Kier alpha value is -1.37. The zero-order valence-corrected chi connectivity index (χ0v) is 9.82. The molecule has 74 valence electrons. The summed E-state index contributed by atoms with van der Waals surface area (Å²) >= 11 is 2.29. The predicted molar refractivity (Wildman–Crippen MR) is 66.4 cm³/mol. The molecule has 0 atom stereocenters. The molecule has 0 fully saturated rings. The minimum Gasteiger partial charge on any atom is -0.360 e. The number of rotatable bonds is 1. The van der Waals surface area contributed by atoms with Gasteiger partial charge in [-0.15, -0.1) is 0 Å². The minimum atomic E-state index is 0.901. The highest BCUT2D eigenvalue weighted by Crippen LogP contribution is 2.22. The summed E-state index contributed by atoms with van der Waals surface area (Å²) < 4.78 is 1.19. The van der Waals surface area contributed by atoms with E-state index in [1.807, 2.05) is 24.5 Å². The van der Waals surface area contributed by atoms with Gasteiger partial charge in [-0.25, -0.2) is 0 Å². The van der Waals surface area contributed by atoms with Crippen LogP contribution < -0.4 is 0 Å². The Morgan fingerprint density at radius 2 is 2.27 bits per heavy atom. The van der Waals surface area contributed by atoms with Gasteiger partial charge in [0.15, 0.2) is 0 Å². The van der Waals surface area contributed by atoms with Gasteiger partial charge in [0.05, 0.1) is 16.9 Å². The van der Waals surface area contributed by atoms with E-state index in [0.29, 0.717) is 0 Å². The fourth-order valence-electron chi connectivity index (χ4n) is 1.53. The van der Waals surface area contributed by atoms with Gasteiger partial charge in [0.2, 0.25) is 0 Å². The first kappa shape index (κ1) is 8.90. The van der Waals surface area contributed by atoms with Gasteiger partial charge >= 0.3 is 0 Å². The topological polar surface area (TPSA) is 57.4 Å². The van der Waals surface area contributed by atoms with E-state index >= 15 is 0 Å². The van der Waals surface area contributed by atoms with E-state index in [-0.39, 0.29) is 0 Å². The second kappa shape index (κ2) is 3.34. The van der Waals surface area contributed by atoms with Crippen LogP contribution >= 0.6 is 22.6 Å². The molecule has 0 aliphatic carbocycles. The largest absolute Gasteiger partial charge is 0.360 e. The fraction of sp³-hybridized carbons (Fsp3) is 0. The van der Waals surface area contributed by atoms with Crippen molar-refractivity contribution in [1.29, 1.82) is 0 Å². The predicted octanol–water partition coefficient (Wildman–Crippen LogP) is 2.56. The molecular formula is C10H7IN4. The molecule has 0 aliphatic heterocycles. The van der Waals surface area contributed by atoms with Gasteiger partial charge in [0.1, 0.15) is 0 Å². The number of nitrogens with zero attached hydrogens (tertiary/aromatic N) is 2. The summed E-state index contributed by atoms with van der Waals surface area (Å²) in [7, 11) is 0. The summed E-state index contributed by atoms with van der Waals surface area (Å²) in [6.45, 7) is 0. The molecule has 2 N–H and O–H groups in total. The highest BCUT2D eigenvalue weighted by atomic mass is 127. The molecule has 3 aromatic rings. The first-order valence-electron chi connectivity index (χ1n) is 4.47. The number of H-pyrrole nitrogens is 2. The number of fused-ring (bicyclic) bond motifs is 1. The molecule has 4 nitrogen and oxygen atoms in total. The standard InChI is InChI=1S/C10H7IN4/c11-7-5-13-9-3-10(12-4-6(7)9)8-1-2-14-15-8/h1-5,13H,(H,14,15). The molecule has 0 aromatic carbocycles. The second-order valence-corrected chi connectivity index (χ2v) is 4.38. The summed E-state index contributed by atoms with van der Waals surface area (Å²) in [6, 6.07) is 3.92. The molecule has 0 saturated heterocycles. The van der Waals surface area contributed by atoms with E-state index in [1.165, 1.54) is 3.57 Å². The van der Waals surface area contributed by atoms with Crippen LogP contribution in [0.5, 0.6) is 0 Å². The fourth-order valence-corrected chi connectivity index (χ4v) is 2.12. The molecule has 0 saturated carbocycles. The summed E-state index contributed by atoms with van der Waals surface area (Å²) in [5.41, 5.74) is 2.93. The first-order chi connectivity index (χ1) is 7.34. The van der Waals surface area contributed by atoms with Gasteiger partial charge < -0.3 is 4.98 Å². The van der Waals surface area contributed by atoms with Gasteiger partial charge in [-0.1, -0.05) is 0 Å². The second-order valence-electron chi connectivity index (χ2n) is 3.22. The SMILES string of the molecule is Ic1c[nH]c2cc(-c3ccn[nH]3)ncc12. The van der Waals surface area contributed by atoms with Crippen molar-refractivity contribution < 1.29 is 0 Å². The lowest BCUT2D eigenvalue weighted by Crippen LogP contribution is -1.83. The van der Waals surface area contributed by atoms with E-state index < -0.39 is 0 Å². The van der Waals surface area contributed by atoms with Crippen LogP contribution in [0.15, 0.2) is 30.7 Å². The van der Waals surface area contributed by atoms with Gasteiger partial charge in [-0.3, -0.25) is 10.1 Å². The monoisotopic (exact) mass is 310 g/mol. The Bertz CT molecular complexity index is 597. The van der Waals surface area contributed by atoms with Crippen LogP contribution in [0.4, 0.5) is 0 Å². The van der Waals surface area contributed by atoms with Crippen LogP contribution in [0.25, 0.3) is 22.3 Å². The number of aromatic amines is 2. The Kier molecular flexibility index (Phi) is 1.98. The lowest BCUT2D eigenvalue weighted by Gasteiger charge is -1.96. The normalized spacial score (nSPS) is 11.0. The van der Waals surface area contributed by atoms with Gasteiger partial charge in [-0.2, -0.15) is 5.10 Å². The molecule has 3 aromatic heterocycles. The number of hydrogen-bond donors (Lipinski definition) is 2. The average molecular weight is 310 g/mol. The molecule has 5 heteroatoms. The van der Waals surface area contributed by atoms with Crippen molar-refractivity contribution in [3.05, 3.63) is 34.3 Å². The third kappa shape index (κ3) is 1.43. The quantitative estimate of drug-likeness (QED) is 0.679. The molecule has 0 aliphatic rings. The van der Waals surface area contributed by atoms with Crippen LogP contribution in [0.2, 0.25) is 0 Å². The number of halogens is 1. The summed E-state index contributed by atoms with van der Waals surface area (Å²) in [5, 5.41) is 7.96. The van der Waals surface area contributed by atoms with Gasteiger partial charge in [-0.05, 0) is 34.7 Å². The third-order valence-electron chi connectivity index (χ3n) is 2.29. The molecular weight excluding hydrogens is 303 g/mol. The van der Waals surface area contributed by atoms with E-state index in [0.717, 1.165) is 22.3 Å². The maximum Gasteiger partial charge on any atom is 0.0901 e. The molecule has 0 bridgehead atoms. The van der Waals surface area contributed by atoms with Gasteiger partial charge in [0.25, 0.3) is 0 Å². The maximum absolute atomic E-state index is 4.39. The lowest BCUT2D eigenvalue weighted by molar-refractivity contribution is 1.09. The average Bonchev–Trinajstić information content (AvgIpc) is 2.88. The third-order valence-corrected chi connectivity index (χ3v) is 3.18. The van der Waals surface area contributed by atoms with Crippen molar-refractivity contribution in [3.63, 3.8) is 0 Å². The van der Waals surface area contributed by atoms with Crippen molar-refractivity contribution in [2.75, 3.05) is 0 Å². The van der Waals surface area contributed by atoms with Crippen LogP contribution in [-0.4, -0.2) is 20.2 Å². The summed E-state index contributed by atoms with van der Waals surface area (Å²) in [5.74, 6) is 0. The highest BCUT2D eigenvalue weighted by Gasteiger charge is 2.05. The summed E-state index contributed by atoms with van der Waals surface area (Å²) in [4.78, 5) is 7.59. The molecule has 15 heavy (non-hydrogen) atoms. The number of nitrogens with one attached hydrogen (secondary N) is 2. The zero-order valence-electron chi connectivity index (χ0n) is 7.66. The Morgan fingerprint density at radius 3 is 3.07 bits per heavy atom. The number of aromatic nitrogens is 4. The van der Waals surface area contributed by atoms with E-state index in [2.05, 4.69) is 42.8 Å².